The Balaban J connectivity index is 1.87. The van der Waals surface area contributed by atoms with Gasteiger partial charge in [0.1, 0.15) is 11.8 Å². The average Bonchev–Trinajstić information content (AvgIpc) is 2.98. The van der Waals surface area contributed by atoms with Gasteiger partial charge in [0.05, 0.1) is 18.9 Å². The third kappa shape index (κ3) is 2.42. The number of ether oxygens (including phenoxy) is 1. The van der Waals surface area contributed by atoms with E-state index in [1.54, 1.807) is 30.2 Å². The van der Waals surface area contributed by atoms with Crippen LogP contribution in [0.2, 0.25) is 0 Å². The minimum atomic E-state index is -0.570. The molecule has 0 N–H and O–H groups in total. The minimum absolute atomic E-state index is 0.0987. The number of carbonyl (C=O) groups is 1. The number of benzene rings is 1. The van der Waals surface area contributed by atoms with Crippen molar-refractivity contribution in [3.05, 3.63) is 46.3 Å². The van der Waals surface area contributed by atoms with E-state index in [9.17, 15) is 10.1 Å². The number of aryl methyl sites for hydroxylation is 2. The van der Waals surface area contributed by atoms with Crippen molar-refractivity contribution in [1.29, 1.82) is 5.26 Å². The van der Waals surface area contributed by atoms with Crippen molar-refractivity contribution in [3.63, 3.8) is 0 Å². The molecular weight excluding hydrogens is 304 g/mol. The van der Waals surface area contributed by atoms with Crippen molar-refractivity contribution in [2.75, 3.05) is 13.7 Å². The average molecular weight is 324 g/mol. The van der Waals surface area contributed by atoms with Crippen molar-refractivity contribution in [2.45, 2.75) is 26.3 Å². The fraction of sp³-hybridized carbons (Fsp3) is 0.389. The van der Waals surface area contributed by atoms with Gasteiger partial charge in [-0.25, -0.2) is 0 Å². The number of carbonyl (C=O) groups excluding carboxylic acids is 1. The monoisotopic (exact) mass is 324 g/mol. The van der Waals surface area contributed by atoms with Crippen LogP contribution in [0.25, 0.3) is 0 Å². The van der Waals surface area contributed by atoms with Crippen LogP contribution in [0.5, 0.6) is 5.75 Å². The Morgan fingerprint density at radius 1 is 1.38 bits per heavy atom. The van der Waals surface area contributed by atoms with E-state index >= 15 is 0 Å². The first-order valence-electron chi connectivity index (χ1n) is 7.85. The quantitative estimate of drug-likeness (QED) is 0.865. The Kier molecular flexibility index (Phi) is 4.02. The van der Waals surface area contributed by atoms with Gasteiger partial charge in [-0.3, -0.25) is 9.48 Å². The molecule has 1 aromatic carbocycles. The van der Waals surface area contributed by atoms with E-state index in [1.165, 1.54) is 0 Å². The lowest BCUT2D eigenvalue weighted by atomic mass is 10.0. The van der Waals surface area contributed by atoms with Crippen LogP contribution in [-0.4, -0.2) is 34.2 Å². The van der Waals surface area contributed by atoms with Gasteiger partial charge in [-0.05, 0) is 44.0 Å². The summed E-state index contributed by atoms with van der Waals surface area (Å²) in [6.07, 6.45) is 0.681. The first-order valence-corrected chi connectivity index (χ1v) is 7.85. The lowest BCUT2D eigenvalue weighted by Crippen LogP contribution is -2.29. The maximum Gasteiger partial charge on any atom is 0.255 e. The molecule has 1 unspecified atom stereocenters. The molecule has 2 aromatic rings. The fourth-order valence-corrected chi connectivity index (χ4v) is 3.31. The van der Waals surface area contributed by atoms with E-state index in [0.29, 0.717) is 24.3 Å². The van der Waals surface area contributed by atoms with Crippen LogP contribution in [0.3, 0.4) is 0 Å². The molecule has 1 amide bonds. The van der Waals surface area contributed by atoms with Gasteiger partial charge >= 0.3 is 0 Å². The molecule has 1 aliphatic heterocycles. The third-order valence-electron chi connectivity index (χ3n) is 4.74. The molecule has 0 saturated heterocycles. The van der Waals surface area contributed by atoms with Gasteiger partial charge in [0.15, 0.2) is 0 Å². The molecule has 2 heterocycles. The van der Waals surface area contributed by atoms with Crippen LogP contribution >= 0.6 is 0 Å². The summed E-state index contributed by atoms with van der Waals surface area (Å²) in [6, 6.07) is 6.95. The highest BCUT2D eigenvalue weighted by atomic mass is 16.5. The van der Waals surface area contributed by atoms with Crippen molar-refractivity contribution in [2.24, 2.45) is 7.05 Å². The van der Waals surface area contributed by atoms with Crippen LogP contribution in [0.4, 0.5) is 0 Å². The van der Waals surface area contributed by atoms with Gasteiger partial charge in [-0.2, -0.15) is 10.4 Å². The number of aromatic nitrogens is 2. The number of amides is 1. The Morgan fingerprint density at radius 3 is 2.71 bits per heavy atom. The van der Waals surface area contributed by atoms with E-state index in [1.807, 2.05) is 25.6 Å². The number of hydrogen-bond acceptors (Lipinski definition) is 4. The number of nitrogens with zero attached hydrogens (tertiary/aromatic N) is 4. The molecule has 1 aliphatic rings. The summed E-state index contributed by atoms with van der Waals surface area (Å²) in [5, 5.41) is 14.0. The van der Waals surface area contributed by atoms with Gasteiger partial charge in [-0.1, -0.05) is 0 Å². The number of rotatable bonds is 4. The maximum absolute atomic E-state index is 12.7. The van der Waals surface area contributed by atoms with E-state index in [2.05, 4.69) is 11.2 Å². The second-order valence-electron chi connectivity index (χ2n) is 6.01. The molecule has 6 nitrogen and oxygen atoms in total. The molecule has 124 valence electrons. The molecule has 1 atom stereocenters. The first kappa shape index (κ1) is 16.1. The first-order chi connectivity index (χ1) is 11.5. The molecular formula is C18H20N4O2. The molecule has 0 fully saturated rings. The number of methoxy groups -OCH3 is 1. The Hall–Kier alpha value is -2.81. The van der Waals surface area contributed by atoms with E-state index in [0.717, 1.165) is 22.5 Å². The largest absolute Gasteiger partial charge is 0.497 e. The van der Waals surface area contributed by atoms with Gasteiger partial charge < -0.3 is 9.64 Å². The zero-order chi connectivity index (χ0) is 17.4. The molecule has 6 heteroatoms. The van der Waals surface area contributed by atoms with Crippen molar-refractivity contribution in [1.82, 2.24) is 14.7 Å². The molecule has 0 saturated carbocycles. The summed E-state index contributed by atoms with van der Waals surface area (Å²) < 4.78 is 7.06. The van der Waals surface area contributed by atoms with Gasteiger partial charge in [-0.15, -0.1) is 0 Å². The lowest BCUT2D eigenvalue weighted by Gasteiger charge is -2.20. The second kappa shape index (κ2) is 6.00. The standard InChI is InChI=1S/C18H20N4O2/c1-11-14(12(2)21(3)20-11)7-8-22-17(10-19)16-9-13(24-4)5-6-15(16)18(22)23/h5-6,9,17H,7-8H2,1-4H3. The summed E-state index contributed by atoms with van der Waals surface area (Å²) in [7, 11) is 3.48. The highest BCUT2D eigenvalue weighted by Gasteiger charge is 2.37. The normalized spacial score (nSPS) is 16.2. The fourth-order valence-electron chi connectivity index (χ4n) is 3.31. The van der Waals surface area contributed by atoms with Crippen molar-refractivity contribution < 1.29 is 9.53 Å². The van der Waals surface area contributed by atoms with Gasteiger partial charge in [0, 0.05) is 30.4 Å². The molecule has 3 rings (SSSR count). The molecule has 0 spiro atoms. The van der Waals surface area contributed by atoms with E-state index < -0.39 is 6.04 Å². The molecule has 1 aromatic heterocycles. The summed E-state index contributed by atoms with van der Waals surface area (Å²) >= 11 is 0. The summed E-state index contributed by atoms with van der Waals surface area (Å²) in [4.78, 5) is 14.3. The van der Waals surface area contributed by atoms with Crippen LogP contribution < -0.4 is 4.74 Å². The van der Waals surface area contributed by atoms with Crippen LogP contribution in [0, 0.1) is 25.2 Å². The maximum atomic E-state index is 12.7. The predicted molar refractivity (Wildman–Crippen MR) is 88.8 cm³/mol. The minimum Gasteiger partial charge on any atom is -0.497 e. The summed E-state index contributed by atoms with van der Waals surface area (Å²) in [5.74, 6) is 0.556. The molecule has 0 radical (unpaired) electrons. The zero-order valence-corrected chi connectivity index (χ0v) is 14.3. The Labute approximate surface area is 141 Å². The highest BCUT2D eigenvalue weighted by Crippen LogP contribution is 2.35. The number of nitriles is 1. The van der Waals surface area contributed by atoms with E-state index in [4.69, 9.17) is 4.74 Å². The van der Waals surface area contributed by atoms with Crippen LogP contribution in [0.15, 0.2) is 18.2 Å². The molecule has 0 bridgehead atoms. The van der Waals surface area contributed by atoms with Gasteiger partial charge in [0.2, 0.25) is 0 Å². The Morgan fingerprint density at radius 2 is 2.12 bits per heavy atom. The number of fused-ring (bicyclic) bond motifs is 1. The molecule has 0 aliphatic carbocycles. The SMILES string of the molecule is COc1ccc2c(c1)C(C#N)N(CCc1c(C)nn(C)c1C)C2=O. The smallest absolute Gasteiger partial charge is 0.255 e. The Bertz CT molecular complexity index is 847. The van der Waals surface area contributed by atoms with E-state index in [-0.39, 0.29) is 5.91 Å². The zero-order valence-electron chi connectivity index (χ0n) is 14.3. The topological polar surface area (TPSA) is 71.2 Å². The van der Waals surface area contributed by atoms with Crippen LogP contribution in [0.1, 0.15) is 38.9 Å². The lowest BCUT2D eigenvalue weighted by molar-refractivity contribution is 0.0759. The molecule has 24 heavy (non-hydrogen) atoms. The van der Waals surface area contributed by atoms with Crippen LogP contribution in [-0.2, 0) is 13.5 Å². The summed E-state index contributed by atoms with van der Waals surface area (Å²) in [5.41, 5.74) is 4.50. The number of hydrogen-bond donors (Lipinski definition) is 0. The second-order valence-corrected chi connectivity index (χ2v) is 6.01. The predicted octanol–water partition coefficient (Wildman–Crippen LogP) is 2.31. The third-order valence-corrected chi connectivity index (χ3v) is 4.74. The van der Waals surface area contributed by atoms with Crippen molar-refractivity contribution in [3.8, 4) is 11.8 Å². The summed E-state index contributed by atoms with van der Waals surface area (Å²) in [6.45, 7) is 4.47. The van der Waals surface area contributed by atoms with Gasteiger partial charge in [0.25, 0.3) is 5.91 Å². The van der Waals surface area contributed by atoms with Crippen molar-refractivity contribution >= 4 is 5.91 Å². The highest BCUT2D eigenvalue weighted by molar-refractivity contribution is 5.99.